The van der Waals surface area contributed by atoms with Crippen LogP contribution in [0.15, 0.2) is 31.0 Å². The monoisotopic (exact) mass is 368 g/mol. The van der Waals surface area contributed by atoms with Crippen molar-refractivity contribution in [3.63, 3.8) is 0 Å². The summed E-state index contributed by atoms with van der Waals surface area (Å²) in [5, 5.41) is 0. The Bertz CT molecular complexity index is 821. The van der Waals surface area contributed by atoms with Crippen molar-refractivity contribution in [1.29, 1.82) is 0 Å². The van der Waals surface area contributed by atoms with Crippen LogP contribution >= 0.6 is 0 Å². The highest BCUT2D eigenvalue weighted by molar-refractivity contribution is 5.92. The fourth-order valence-corrected chi connectivity index (χ4v) is 4.12. The zero-order valence-electron chi connectivity index (χ0n) is 15.5. The van der Waals surface area contributed by atoms with Crippen LogP contribution in [-0.4, -0.2) is 66.8 Å². The molecule has 27 heavy (non-hydrogen) atoms. The fourth-order valence-electron chi connectivity index (χ4n) is 4.12. The number of piperidine rings is 1. The molecule has 0 radical (unpaired) electrons. The van der Waals surface area contributed by atoms with Gasteiger partial charge in [0.25, 0.3) is 5.91 Å². The molecule has 0 aromatic carbocycles. The van der Waals surface area contributed by atoms with Gasteiger partial charge in [-0.3, -0.25) is 14.6 Å². The minimum absolute atomic E-state index is 0.0840. The first kappa shape index (κ1) is 17.6. The zero-order chi connectivity index (χ0) is 18.8. The standard InChI is InChI=1S/C19H24N6O2/c1-14-21-7-9-23(14)8-4-18(26)25-12-15-2-3-16(25)13-24(11-15)19(27)17-10-20-5-6-22-17/h5-7,9-10,15-16H,2-4,8,11-13H2,1H3/t15-,16+/m0/s1. The van der Waals surface area contributed by atoms with Crippen molar-refractivity contribution in [2.24, 2.45) is 5.92 Å². The molecule has 0 saturated carbocycles. The van der Waals surface area contributed by atoms with E-state index in [0.29, 0.717) is 37.7 Å². The molecule has 0 unspecified atom stereocenters. The number of carbonyl (C=O) groups is 2. The molecule has 2 aromatic rings. The molecule has 8 heteroatoms. The van der Waals surface area contributed by atoms with E-state index in [-0.39, 0.29) is 17.9 Å². The van der Waals surface area contributed by atoms with Gasteiger partial charge in [0.05, 0.1) is 6.20 Å². The Morgan fingerprint density at radius 3 is 2.74 bits per heavy atom. The minimum Gasteiger partial charge on any atom is -0.338 e. The van der Waals surface area contributed by atoms with Crippen LogP contribution in [0.3, 0.4) is 0 Å². The number of imidazole rings is 1. The molecule has 142 valence electrons. The van der Waals surface area contributed by atoms with E-state index < -0.39 is 0 Å². The number of carbonyl (C=O) groups excluding carboxylic acids is 2. The van der Waals surface area contributed by atoms with Gasteiger partial charge in [0.1, 0.15) is 11.5 Å². The Kier molecular flexibility index (Phi) is 4.87. The van der Waals surface area contributed by atoms with Gasteiger partial charge in [-0.05, 0) is 25.7 Å². The lowest BCUT2D eigenvalue weighted by molar-refractivity contribution is -0.135. The van der Waals surface area contributed by atoms with E-state index in [1.54, 1.807) is 12.4 Å². The smallest absolute Gasteiger partial charge is 0.274 e. The number of aromatic nitrogens is 4. The molecule has 3 aliphatic heterocycles. The summed E-state index contributed by atoms with van der Waals surface area (Å²) >= 11 is 0. The maximum Gasteiger partial charge on any atom is 0.274 e. The van der Waals surface area contributed by atoms with Crippen LogP contribution in [0.2, 0.25) is 0 Å². The highest BCUT2D eigenvalue weighted by Crippen LogP contribution is 2.29. The third kappa shape index (κ3) is 3.70. The second-order valence-electron chi connectivity index (χ2n) is 7.36. The number of aryl methyl sites for hydroxylation is 2. The third-order valence-corrected chi connectivity index (χ3v) is 5.59. The first-order chi connectivity index (χ1) is 13.1. The van der Waals surface area contributed by atoms with E-state index in [2.05, 4.69) is 15.0 Å². The van der Waals surface area contributed by atoms with E-state index in [9.17, 15) is 9.59 Å². The van der Waals surface area contributed by atoms with E-state index in [4.69, 9.17) is 0 Å². The van der Waals surface area contributed by atoms with Gasteiger partial charge in [-0.25, -0.2) is 9.97 Å². The molecular weight excluding hydrogens is 344 g/mol. The second kappa shape index (κ2) is 7.46. The Labute approximate surface area is 158 Å². The van der Waals surface area contributed by atoms with E-state index >= 15 is 0 Å². The zero-order valence-corrected chi connectivity index (χ0v) is 15.5. The average Bonchev–Trinajstić information content (AvgIpc) is 2.91. The second-order valence-corrected chi connectivity index (χ2v) is 7.36. The summed E-state index contributed by atoms with van der Waals surface area (Å²) in [5.41, 5.74) is 0.368. The first-order valence-electron chi connectivity index (χ1n) is 9.44. The van der Waals surface area contributed by atoms with Crippen molar-refractivity contribution in [2.45, 2.75) is 38.8 Å². The summed E-state index contributed by atoms with van der Waals surface area (Å²) in [6.45, 7) is 4.56. The van der Waals surface area contributed by atoms with Crippen molar-refractivity contribution in [3.05, 3.63) is 42.5 Å². The summed E-state index contributed by atoms with van der Waals surface area (Å²) in [6, 6.07) is 0.0840. The number of fused-ring (bicyclic) bond motifs is 4. The molecule has 2 amide bonds. The highest BCUT2D eigenvalue weighted by atomic mass is 16.2. The van der Waals surface area contributed by atoms with Gasteiger partial charge in [-0.15, -0.1) is 0 Å². The maximum atomic E-state index is 12.9. The molecule has 0 N–H and O–H groups in total. The topological polar surface area (TPSA) is 84.2 Å². The number of hydrogen-bond acceptors (Lipinski definition) is 5. The van der Waals surface area contributed by atoms with Gasteiger partial charge >= 0.3 is 0 Å². The summed E-state index contributed by atoms with van der Waals surface area (Å²) in [4.78, 5) is 41.8. The van der Waals surface area contributed by atoms with Gasteiger partial charge in [0, 0.05) is 63.4 Å². The lowest BCUT2D eigenvalue weighted by Crippen LogP contribution is -2.48. The molecule has 3 aliphatic rings. The maximum absolute atomic E-state index is 12.9. The van der Waals surface area contributed by atoms with Crippen LogP contribution in [0.4, 0.5) is 0 Å². The van der Waals surface area contributed by atoms with Crippen molar-refractivity contribution in [1.82, 2.24) is 29.3 Å². The third-order valence-electron chi connectivity index (χ3n) is 5.59. The summed E-state index contributed by atoms with van der Waals surface area (Å²) in [6.07, 6.45) is 10.7. The lowest BCUT2D eigenvalue weighted by Gasteiger charge is -2.36. The summed E-state index contributed by atoms with van der Waals surface area (Å²) in [7, 11) is 0. The van der Waals surface area contributed by atoms with Crippen molar-refractivity contribution < 1.29 is 9.59 Å². The average molecular weight is 368 g/mol. The molecule has 3 fully saturated rings. The molecule has 2 bridgehead atoms. The van der Waals surface area contributed by atoms with Gasteiger partial charge in [0.2, 0.25) is 5.91 Å². The predicted octanol–water partition coefficient (Wildman–Crippen LogP) is 1.13. The van der Waals surface area contributed by atoms with Gasteiger partial charge in [-0.1, -0.05) is 0 Å². The van der Waals surface area contributed by atoms with Crippen LogP contribution in [-0.2, 0) is 11.3 Å². The Hall–Kier alpha value is -2.77. The van der Waals surface area contributed by atoms with E-state index in [0.717, 1.165) is 25.2 Å². The molecule has 5 heterocycles. The molecule has 0 spiro atoms. The van der Waals surface area contributed by atoms with Crippen LogP contribution in [0, 0.1) is 12.8 Å². The lowest BCUT2D eigenvalue weighted by atomic mass is 9.94. The number of amides is 2. The first-order valence-corrected chi connectivity index (χ1v) is 9.44. The fraction of sp³-hybridized carbons (Fsp3) is 0.526. The molecule has 5 rings (SSSR count). The molecule has 2 aromatic heterocycles. The van der Waals surface area contributed by atoms with E-state index in [1.165, 1.54) is 12.4 Å². The van der Waals surface area contributed by atoms with E-state index in [1.807, 2.05) is 27.5 Å². The number of nitrogens with zero attached hydrogens (tertiary/aromatic N) is 6. The van der Waals surface area contributed by atoms with Crippen LogP contribution in [0.25, 0.3) is 0 Å². The Morgan fingerprint density at radius 1 is 1.11 bits per heavy atom. The minimum atomic E-state index is -0.0941. The van der Waals surface area contributed by atoms with Crippen molar-refractivity contribution >= 4 is 11.8 Å². The largest absolute Gasteiger partial charge is 0.338 e. The quantitative estimate of drug-likeness (QED) is 0.808. The SMILES string of the molecule is Cc1nccn1CCC(=O)N1C[C@H]2CC[C@@H]1CN(C(=O)c1cnccn1)C2. The van der Waals surface area contributed by atoms with Gasteiger partial charge < -0.3 is 14.4 Å². The summed E-state index contributed by atoms with van der Waals surface area (Å²) in [5.74, 6) is 1.30. The Morgan fingerprint density at radius 2 is 2.00 bits per heavy atom. The Balaban J connectivity index is 1.42. The van der Waals surface area contributed by atoms with Gasteiger partial charge in [0.15, 0.2) is 0 Å². The van der Waals surface area contributed by atoms with Crippen LogP contribution in [0.1, 0.15) is 35.6 Å². The van der Waals surface area contributed by atoms with Crippen LogP contribution < -0.4 is 0 Å². The number of rotatable bonds is 4. The molecule has 2 atom stereocenters. The molecular formula is C19H24N6O2. The van der Waals surface area contributed by atoms with Gasteiger partial charge in [-0.2, -0.15) is 0 Å². The summed E-state index contributed by atoms with van der Waals surface area (Å²) < 4.78 is 2.00. The molecule has 0 aliphatic carbocycles. The predicted molar refractivity (Wildman–Crippen MR) is 97.7 cm³/mol. The van der Waals surface area contributed by atoms with Crippen LogP contribution in [0.5, 0.6) is 0 Å². The number of hydrogen-bond donors (Lipinski definition) is 0. The molecule has 3 saturated heterocycles. The van der Waals surface area contributed by atoms with Crippen molar-refractivity contribution in [3.8, 4) is 0 Å². The van der Waals surface area contributed by atoms with Crippen molar-refractivity contribution in [2.75, 3.05) is 19.6 Å². The highest BCUT2D eigenvalue weighted by Gasteiger charge is 2.38. The molecule has 8 nitrogen and oxygen atoms in total. The normalized spacial score (nSPS) is 22.0.